The normalized spacial score (nSPS) is 22.0. The molecular formula is C18H27F2N5O2S. The van der Waals surface area contributed by atoms with Gasteiger partial charge in [0.15, 0.2) is 5.96 Å². The SMILES string of the molecule is CN=C(NC[C@H]1CCCN1S(C)(=O)=O)N1CCN(c2cc(F)ccc2F)CC1. The molecule has 1 N–H and O–H groups in total. The number of piperazine rings is 1. The lowest BCUT2D eigenvalue weighted by Gasteiger charge is -2.38. The number of guanidine groups is 1. The van der Waals surface area contributed by atoms with Crippen LogP contribution in [-0.4, -0.2) is 82.2 Å². The number of halogens is 2. The van der Waals surface area contributed by atoms with Gasteiger partial charge in [-0.25, -0.2) is 17.2 Å². The van der Waals surface area contributed by atoms with Crippen LogP contribution >= 0.6 is 0 Å². The predicted molar refractivity (Wildman–Crippen MR) is 106 cm³/mol. The van der Waals surface area contributed by atoms with Crippen LogP contribution in [0.2, 0.25) is 0 Å². The molecule has 1 atom stereocenters. The Kier molecular flexibility index (Phi) is 6.39. The van der Waals surface area contributed by atoms with Gasteiger partial charge in [-0.1, -0.05) is 0 Å². The van der Waals surface area contributed by atoms with E-state index in [9.17, 15) is 17.2 Å². The third kappa shape index (κ3) is 4.72. The van der Waals surface area contributed by atoms with Crippen LogP contribution in [0.15, 0.2) is 23.2 Å². The summed E-state index contributed by atoms with van der Waals surface area (Å²) in [5.41, 5.74) is 0.275. The molecule has 2 aliphatic heterocycles. The Morgan fingerprint density at radius 3 is 2.57 bits per heavy atom. The Bertz CT molecular complexity index is 825. The highest BCUT2D eigenvalue weighted by Gasteiger charge is 2.31. The minimum atomic E-state index is -3.21. The van der Waals surface area contributed by atoms with E-state index in [-0.39, 0.29) is 11.7 Å². The van der Waals surface area contributed by atoms with Crippen LogP contribution in [0.3, 0.4) is 0 Å². The van der Waals surface area contributed by atoms with Crippen molar-refractivity contribution in [1.29, 1.82) is 0 Å². The first-order chi connectivity index (χ1) is 13.3. The number of rotatable bonds is 4. The van der Waals surface area contributed by atoms with E-state index in [0.29, 0.717) is 45.2 Å². The number of hydrogen-bond acceptors (Lipinski definition) is 4. The summed E-state index contributed by atoms with van der Waals surface area (Å²) in [6.07, 6.45) is 2.92. The van der Waals surface area contributed by atoms with Crippen LogP contribution in [0.5, 0.6) is 0 Å². The average molecular weight is 416 g/mol. The number of aliphatic imine (C=N–C) groups is 1. The van der Waals surface area contributed by atoms with Gasteiger partial charge < -0.3 is 15.1 Å². The molecule has 28 heavy (non-hydrogen) atoms. The summed E-state index contributed by atoms with van der Waals surface area (Å²) in [4.78, 5) is 8.17. The van der Waals surface area contributed by atoms with E-state index < -0.39 is 21.7 Å². The fraction of sp³-hybridized carbons (Fsp3) is 0.611. The van der Waals surface area contributed by atoms with Gasteiger partial charge in [-0.05, 0) is 25.0 Å². The van der Waals surface area contributed by atoms with Gasteiger partial charge in [-0.15, -0.1) is 0 Å². The van der Waals surface area contributed by atoms with Gasteiger partial charge in [0.1, 0.15) is 11.6 Å². The van der Waals surface area contributed by atoms with Crippen molar-refractivity contribution in [2.75, 3.05) is 57.5 Å². The minimum absolute atomic E-state index is 0.0746. The van der Waals surface area contributed by atoms with Crippen molar-refractivity contribution >= 4 is 21.7 Å². The number of sulfonamides is 1. The van der Waals surface area contributed by atoms with Crippen molar-refractivity contribution in [2.45, 2.75) is 18.9 Å². The molecule has 156 valence electrons. The van der Waals surface area contributed by atoms with Gasteiger partial charge >= 0.3 is 0 Å². The standard InChI is InChI=1S/C18H27F2N5O2S/c1-21-18(22-13-15-4-3-7-25(15)28(2,26)27)24-10-8-23(9-11-24)17-12-14(19)5-6-16(17)20/h5-6,12,15H,3-4,7-11,13H2,1-2H3,(H,21,22)/t15-/m1/s1. The molecule has 0 amide bonds. The zero-order chi connectivity index (χ0) is 20.3. The highest BCUT2D eigenvalue weighted by Crippen LogP contribution is 2.22. The maximum atomic E-state index is 14.0. The van der Waals surface area contributed by atoms with Crippen molar-refractivity contribution in [3.05, 3.63) is 29.8 Å². The summed E-state index contributed by atoms with van der Waals surface area (Å²) < 4.78 is 52.7. The van der Waals surface area contributed by atoms with E-state index in [1.165, 1.54) is 16.6 Å². The molecule has 0 unspecified atom stereocenters. The van der Waals surface area contributed by atoms with E-state index in [2.05, 4.69) is 10.3 Å². The molecule has 0 aromatic heterocycles. The molecule has 1 aromatic rings. The van der Waals surface area contributed by atoms with Crippen LogP contribution in [0, 0.1) is 11.6 Å². The molecule has 2 heterocycles. The number of hydrogen-bond donors (Lipinski definition) is 1. The molecule has 2 aliphatic rings. The summed E-state index contributed by atoms with van der Waals surface area (Å²) in [6, 6.07) is 3.41. The number of nitrogens with zero attached hydrogens (tertiary/aromatic N) is 4. The first kappa shape index (κ1) is 20.8. The Labute approximate surface area is 165 Å². The van der Waals surface area contributed by atoms with Gasteiger partial charge in [0.2, 0.25) is 10.0 Å². The van der Waals surface area contributed by atoms with Crippen molar-refractivity contribution in [3.63, 3.8) is 0 Å². The summed E-state index contributed by atoms with van der Waals surface area (Å²) in [5, 5.41) is 3.28. The van der Waals surface area contributed by atoms with Crippen LogP contribution in [0.1, 0.15) is 12.8 Å². The van der Waals surface area contributed by atoms with Crippen molar-refractivity contribution in [2.24, 2.45) is 4.99 Å². The smallest absolute Gasteiger partial charge is 0.211 e. The minimum Gasteiger partial charge on any atom is -0.366 e. The number of anilines is 1. The molecule has 0 saturated carbocycles. The molecule has 10 heteroatoms. The van der Waals surface area contributed by atoms with E-state index in [1.807, 2.05) is 9.80 Å². The summed E-state index contributed by atoms with van der Waals surface area (Å²) in [6.45, 7) is 3.35. The van der Waals surface area contributed by atoms with E-state index in [0.717, 1.165) is 25.0 Å². The molecule has 7 nitrogen and oxygen atoms in total. The van der Waals surface area contributed by atoms with Crippen LogP contribution in [-0.2, 0) is 10.0 Å². The second-order valence-electron chi connectivity index (χ2n) is 7.17. The first-order valence-electron chi connectivity index (χ1n) is 9.42. The van der Waals surface area contributed by atoms with Gasteiger partial charge in [-0.3, -0.25) is 4.99 Å². The molecule has 0 spiro atoms. The lowest BCUT2D eigenvalue weighted by atomic mass is 10.2. The first-order valence-corrected chi connectivity index (χ1v) is 11.3. The predicted octanol–water partition coefficient (Wildman–Crippen LogP) is 1.09. The second-order valence-corrected chi connectivity index (χ2v) is 9.10. The van der Waals surface area contributed by atoms with Crippen molar-refractivity contribution < 1.29 is 17.2 Å². The maximum absolute atomic E-state index is 14.0. The number of benzene rings is 1. The van der Waals surface area contributed by atoms with Gasteiger partial charge in [0.05, 0.1) is 11.9 Å². The Balaban J connectivity index is 1.56. The fourth-order valence-corrected chi connectivity index (χ4v) is 5.06. The van der Waals surface area contributed by atoms with Crippen LogP contribution in [0.25, 0.3) is 0 Å². The van der Waals surface area contributed by atoms with E-state index in [4.69, 9.17) is 0 Å². The Hall–Kier alpha value is -1.94. The fourth-order valence-electron chi connectivity index (χ4n) is 3.88. The topological polar surface area (TPSA) is 68.2 Å². The second kappa shape index (κ2) is 8.60. The molecular weight excluding hydrogens is 388 g/mol. The zero-order valence-electron chi connectivity index (χ0n) is 16.2. The molecule has 2 fully saturated rings. The third-order valence-electron chi connectivity index (χ3n) is 5.28. The van der Waals surface area contributed by atoms with Gasteiger partial charge in [0, 0.05) is 58.4 Å². The summed E-state index contributed by atoms with van der Waals surface area (Å²) in [7, 11) is -1.53. The number of nitrogens with one attached hydrogen (secondary N) is 1. The van der Waals surface area contributed by atoms with Crippen LogP contribution in [0.4, 0.5) is 14.5 Å². The monoisotopic (exact) mass is 415 g/mol. The van der Waals surface area contributed by atoms with Gasteiger partial charge in [-0.2, -0.15) is 4.31 Å². The average Bonchev–Trinajstić information content (AvgIpc) is 3.14. The van der Waals surface area contributed by atoms with Crippen molar-refractivity contribution in [3.8, 4) is 0 Å². The van der Waals surface area contributed by atoms with Crippen LogP contribution < -0.4 is 10.2 Å². The summed E-state index contributed by atoms with van der Waals surface area (Å²) >= 11 is 0. The van der Waals surface area contributed by atoms with E-state index >= 15 is 0 Å². The molecule has 3 rings (SSSR count). The maximum Gasteiger partial charge on any atom is 0.211 e. The lowest BCUT2D eigenvalue weighted by Crippen LogP contribution is -2.54. The summed E-state index contributed by atoms with van der Waals surface area (Å²) in [5.74, 6) is -0.192. The third-order valence-corrected chi connectivity index (χ3v) is 6.62. The van der Waals surface area contributed by atoms with Gasteiger partial charge in [0.25, 0.3) is 0 Å². The molecule has 0 radical (unpaired) electrons. The molecule has 0 bridgehead atoms. The Morgan fingerprint density at radius 2 is 1.93 bits per heavy atom. The van der Waals surface area contributed by atoms with Crippen molar-refractivity contribution in [1.82, 2.24) is 14.5 Å². The zero-order valence-corrected chi connectivity index (χ0v) is 17.1. The highest BCUT2D eigenvalue weighted by molar-refractivity contribution is 7.88. The van der Waals surface area contributed by atoms with E-state index in [1.54, 1.807) is 7.05 Å². The largest absolute Gasteiger partial charge is 0.366 e. The Morgan fingerprint density at radius 1 is 1.21 bits per heavy atom. The molecule has 1 aromatic carbocycles. The molecule has 2 saturated heterocycles. The quantitative estimate of drug-likeness (QED) is 0.589. The molecule has 0 aliphatic carbocycles. The highest BCUT2D eigenvalue weighted by atomic mass is 32.2. The lowest BCUT2D eigenvalue weighted by molar-refractivity contribution is 0.354.